The zero-order chi connectivity index (χ0) is 8.20. The van der Waals surface area contributed by atoms with E-state index in [1.54, 1.807) is 11.4 Å². The Balaban J connectivity index is 4.02. The first-order chi connectivity index (χ1) is 4.48. The van der Waals surface area contributed by atoms with Gasteiger partial charge in [0.05, 0.1) is 0 Å². The fourth-order valence-corrected chi connectivity index (χ4v) is 2.01. The van der Waals surface area contributed by atoms with Crippen LogP contribution in [0.25, 0.3) is 0 Å². The van der Waals surface area contributed by atoms with Crippen molar-refractivity contribution in [2.24, 2.45) is 0 Å². The molecule has 1 atom stereocenters. The predicted octanol–water partition coefficient (Wildman–Crippen LogP) is -0.820. The molecule has 7 heteroatoms. The van der Waals surface area contributed by atoms with Gasteiger partial charge in [-0.15, -0.1) is 0 Å². The Hall–Kier alpha value is -0.190. The van der Waals surface area contributed by atoms with E-state index in [1.165, 1.54) is 0 Å². The highest BCUT2D eigenvalue weighted by atomic mass is 32.2. The fourth-order valence-electron chi connectivity index (χ4n) is 0.349. The second kappa shape index (κ2) is 3.85. The van der Waals surface area contributed by atoms with Crippen molar-refractivity contribution in [2.45, 2.75) is 6.92 Å². The van der Waals surface area contributed by atoms with E-state index in [0.717, 1.165) is 6.92 Å². The minimum atomic E-state index is -3.57. The quantitative estimate of drug-likeness (QED) is 0.563. The van der Waals surface area contributed by atoms with E-state index < -0.39 is 16.1 Å². The molecular formula is C3H9N2O3PS. The van der Waals surface area contributed by atoms with Crippen LogP contribution in [-0.2, 0) is 15.0 Å². The van der Waals surface area contributed by atoms with Gasteiger partial charge in [-0.1, -0.05) is 0 Å². The van der Waals surface area contributed by atoms with Gasteiger partial charge in [-0.25, -0.2) is 4.72 Å². The topological polar surface area (TPSA) is 75.3 Å². The summed E-state index contributed by atoms with van der Waals surface area (Å²) in [4.78, 5) is 10.2. The predicted molar refractivity (Wildman–Crippen MR) is 40.1 cm³/mol. The largest absolute Gasteiger partial charge is 0.304 e. The first-order valence-electron chi connectivity index (χ1n) is 2.45. The zero-order valence-electron chi connectivity index (χ0n) is 5.63. The first-order valence-corrected chi connectivity index (χ1v) is 5.43. The lowest BCUT2D eigenvalue weighted by atomic mass is 10.8. The van der Waals surface area contributed by atoms with Crippen molar-refractivity contribution < 1.29 is 13.2 Å². The van der Waals surface area contributed by atoms with Crippen LogP contribution in [-0.4, -0.2) is 21.0 Å². The van der Waals surface area contributed by atoms with Crippen LogP contribution in [0.5, 0.6) is 0 Å². The van der Waals surface area contributed by atoms with Crippen LogP contribution in [0.2, 0.25) is 0 Å². The molecule has 0 aromatic rings. The molecule has 0 aliphatic rings. The molecule has 0 aliphatic carbocycles. The van der Waals surface area contributed by atoms with Crippen molar-refractivity contribution in [3.63, 3.8) is 0 Å². The average molecular weight is 184 g/mol. The van der Waals surface area contributed by atoms with E-state index in [0.29, 0.717) is 0 Å². The highest BCUT2D eigenvalue weighted by Crippen LogP contribution is 1.94. The Labute approximate surface area is 61.6 Å². The van der Waals surface area contributed by atoms with Gasteiger partial charge in [0.25, 0.3) is 0 Å². The lowest BCUT2D eigenvalue weighted by Crippen LogP contribution is -2.35. The maximum Gasteiger partial charge on any atom is 0.304 e. The van der Waals surface area contributed by atoms with Gasteiger partial charge < -0.3 is 0 Å². The molecule has 1 amide bonds. The monoisotopic (exact) mass is 184 g/mol. The standard InChI is InChI=1S/C3H9N2O3PS/c1-3(6)4-10(7,8)5-9-2/h5,9H,1-2H3,(H,4,6). The summed E-state index contributed by atoms with van der Waals surface area (Å²) in [5, 5.41) is 0. The number of hydrogen-bond donors (Lipinski definition) is 2. The second-order valence-electron chi connectivity index (χ2n) is 1.51. The van der Waals surface area contributed by atoms with Crippen molar-refractivity contribution in [3.8, 4) is 0 Å². The Bertz CT molecular complexity index is 212. The van der Waals surface area contributed by atoms with Crippen LogP contribution in [0.15, 0.2) is 0 Å². The van der Waals surface area contributed by atoms with Gasteiger partial charge >= 0.3 is 10.2 Å². The molecule has 0 saturated carbocycles. The number of carbonyl (C=O) groups excluding carboxylic acids is 1. The van der Waals surface area contributed by atoms with Gasteiger partial charge in [0.15, 0.2) is 0 Å². The van der Waals surface area contributed by atoms with Gasteiger partial charge in [0.1, 0.15) is 0 Å². The number of nitrogens with one attached hydrogen (secondary N) is 2. The highest BCUT2D eigenvalue weighted by molar-refractivity contribution is 7.92. The summed E-state index contributed by atoms with van der Waals surface area (Å²) < 4.78 is 25.1. The Morgan fingerprint density at radius 1 is 1.50 bits per heavy atom. The summed E-state index contributed by atoms with van der Waals surface area (Å²) >= 11 is 0. The van der Waals surface area contributed by atoms with Crippen molar-refractivity contribution in [1.29, 1.82) is 0 Å². The van der Waals surface area contributed by atoms with Crippen molar-refractivity contribution in [1.82, 2.24) is 9.21 Å². The molecule has 2 N–H and O–H groups in total. The molecule has 0 saturated heterocycles. The Morgan fingerprint density at radius 3 is 2.30 bits per heavy atom. The summed E-state index contributed by atoms with van der Waals surface area (Å²) in [5.41, 5.74) is 0. The number of carbonyl (C=O) groups is 1. The fraction of sp³-hybridized carbons (Fsp3) is 0.667. The number of rotatable bonds is 3. The molecule has 0 rings (SSSR count). The summed E-state index contributed by atoms with van der Waals surface area (Å²) in [6.07, 6.45) is 0. The Morgan fingerprint density at radius 2 is 2.00 bits per heavy atom. The third kappa shape index (κ3) is 4.67. The molecule has 0 bridgehead atoms. The van der Waals surface area contributed by atoms with E-state index in [-0.39, 0.29) is 8.73 Å². The van der Waals surface area contributed by atoms with E-state index in [2.05, 4.69) is 4.49 Å². The second-order valence-corrected chi connectivity index (χ2v) is 4.04. The van der Waals surface area contributed by atoms with Gasteiger partial charge in [-0.3, -0.25) is 4.79 Å². The van der Waals surface area contributed by atoms with E-state index in [4.69, 9.17) is 0 Å². The van der Waals surface area contributed by atoms with Crippen LogP contribution < -0.4 is 9.21 Å². The smallest absolute Gasteiger partial charge is 0.274 e. The normalized spacial score (nSPS) is 12.2. The summed E-state index contributed by atoms with van der Waals surface area (Å²) in [7, 11) is -3.51. The van der Waals surface area contributed by atoms with Crippen molar-refractivity contribution >= 4 is 24.8 Å². The van der Waals surface area contributed by atoms with Crippen LogP contribution >= 0.6 is 8.73 Å². The maximum absolute atomic E-state index is 10.6. The molecule has 0 fully saturated rings. The number of amides is 1. The molecule has 60 valence electrons. The molecule has 5 nitrogen and oxygen atoms in total. The minimum Gasteiger partial charge on any atom is -0.274 e. The van der Waals surface area contributed by atoms with Crippen LogP contribution in [0.1, 0.15) is 6.92 Å². The molecule has 0 heterocycles. The van der Waals surface area contributed by atoms with Gasteiger partial charge in [0, 0.05) is 6.92 Å². The van der Waals surface area contributed by atoms with Crippen LogP contribution in [0.3, 0.4) is 0 Å². The summed E-state index contributed by atoms with van der Waals surface area (Å²) in [6.45, 7) is 2.79. The van der Waals surface area contributed by atoms with E-state index in [9.17, 15) is 13.2 Å². The maximum atomic E-state index is 10.6. The molecule has 0 radical (unpaired) electrons. The SMILES string of the molecule is CPNS(=O)(=O)NC(C)=O. The number of hydrogen-bond acceptors (Lipinski definition) is 3. The van der Waals surface area contributed by atoms with Gasteiger partial charge in [0.2, 0.25) is 5.91 Å². The summed E-state index contributed by atoms with van der Waals surface area (Å²) in [6, 6.07) is 0. The lowest BCUT2D eigenvalue weighted by Gasteiger charge is -2.02. The highest BCUT2D eigenvalue weighted by Gasteiger charge is 2.07. The van der Waals surface area contributed by atoms with Gasteiger partial charge in [-0.05, 0) is 15.4 Å². The zero-order valence-corrected chi connectivity index (χ0v) is 7.45. The van der Waals surface area contributed by atoms with Crippen LogP contribution in [0.4, 0.5) is 0 Å². The third-order valence-electron chi connectivity index (χ3n) is 0.515. The first kappa shape index (κ1) is 9.81. The van der Waals surface area contributed by atoms with Crippen molar-refractivity contribution in [2.75, 3.05) is 6.66 Å². The lowest BCUT2D eigenvalue weighted by molar-refractivity contribution is -0.117. The van der Waals surface area contributed by atoms with Crippen molar-refractivity contribution in [3.05, 3.63) is 0 Å². The molecular weight excluding hydrogens is 175 g/mol. The molecule has 0 spiro atoms. The molecule has 0 aromatic carbocycles. The van der Waals surface area contributed by atoms with E-state index in [1.807, 2.05) is 0 Å². The molecule has 1 unspecified atom stereocenters. The minimum absolute atomic E-state index is 0.0560. The van der Waals surface area contributed by atoms with E-state index >= 15 is 0 Å². The molecule has 0 aromatic heterocycles. The summed E-state index contributed by atoms with van der Waals surface area (Å²) in [5.74, 6) is -0.592. The third-order valence-corrected chi connectivity index (χ3v) is 2.96. The average Bonchev–Trinajstić information content (AvgIpc) is 1.59. The Kier molecular flexibility index (Phi) is 3.78. The van der Waals surface area contributed by atoms with Gasteiger partial charge in [-0.2, -0.15) is 12.9 Å². The molecule has 0 aliphatic heterocycles. The van der Waals surface area contributed by atoms with Crippen LogP contribution in [0, 0.1) is 0 Å². The molecule has 10 heavy (non-hydrogen) atoms.